The van der Waals surface area contributed by atoms with E-state index in [1.165, 1.54) is 101 Å². The largest absolute Gasteiger partial charge is 0.468 e. The minimum atomic E-state index is -0.150. The molecule has 6 aromatic carbocycles. The van der Waals surface area contributed by atoms with Gasteiger partial charge in [0.2, 0.25) is 0 Å². The highest BCUT2D eigenvalue weighted by Crippen LogP contribution is 2.56. The van der Waals surface area contributed by atoms with Gasteiger partial charge in [-0.05, 0) is 188 Å². The van der Waals surface area contributed by atoms with Gasteiger partial charge in [-0.1, -0.05) is 140 Å². The normalized spacial score (nSPS) is 20.5. The van der Waals surface area contributed by atoms with Crippen LogP contribution in [0.4, 0.5) is 34.1 Å². The van der Waals surface area contributed by atoms with E-state index in [-0.39, 0.29) is 44.6 Å². The number of fused-ring (bicyclic) bond motifs is 12. The van der Waals surface area contributed by atoms with Gasteiger partial charge in [0, 0.05) is 39.1 Å². The smallest absolute Gasteiger partial charge is 0.297 e. The minimum absolute atomic E-state index is 0.000814. The summed E-state index contributed by atoms with van der Waals surface area (Å²) in [5.74, 6) is 0. The average molecular weight is 951 g/mol. The Balaban J connectivity index is 1.19. The van der Waals surface area contributed by atoms with Gasteiger partial charge in [0.15, 0.2) is 0 Å². The van der Waals surface area contributed by atoms with Gasteiger partial charge >= 0.3 is 0 Å². The highest BCUT2D eigenvalue weighted by atomic mass is 16.3. The van der Waals surface area contributed by atoms with Crippen LogP contribution in [-0.2, 0) is 37.9 Å². The lowest BCUT2D eigenvalue weighted by atomic mass is 9.35. The van der Waals surface area contributed by atoms with E-state index < -0.39 is 0 Å². The summed E-state index contributed by atoms with van der Waals surface area (Å²) in [6.07, 6.45) is 6.93. The van der Waals surface area contributed by atoms with Crippen LogP contribution in [0.2, 0.25) is 0 Å². The van der Waals surface area contributed by atoms with Crippen molar-refractivity contribution in [3.63, 3.8) is 0 Å². The molecule has 5 heteroatoms. The molecular formula is C67H75BN2O2. The number of benzene rings is 6. The predicted molar refractivity (Wildman–Crippen MR) is 307 cm³/mol. The van der Waals surface area contributed by atoms with Gasteiger partial charge in [-0.3, -0.25) is 0 Å². The van der Waals surface area contributed by atoms with E-state index in [1.54, 1.807) is 0 Å². The molecule has 0 amide bonds. The second kappa shape index (κ2) is 14.3. The molecule has 0 saturated carbocycles. The van der Waals surface area contributed by atoms with Crippen LogP contribution in [0.15, 0.2) is 99.8 Å². The molecule has 4 nitrogen and oxygen atoms in total. The van der Waals surface area contributed by atoms with Crippen LogP contribution in [-0.4, -0.2) is 6.71 Å². The summed E-state index contributed by atoms with van der Waals surface area (Å²) in [5.41, 5.74) is 25.1. The molecule has 13 rings (SSSR count). The SMILES string of the molecule is Cc1cc2c3c(c1)N(c1ccc(C(C)(C)C)c4oc5ccccc5c14)c1cc4c(cc1B3c1oc3cc5c(cc3c1N2c1ccc2c(c1)C(C)(C)CCC2(C)C)C(C)(C)CCC5(C)C)C(C)(C)CCC4(C)C. The lowest BCUT2D eigenvalue weighted by molar-refractivity contribution is 0.332. The third kappa shape index (κ3) is 6.30. The fraction of sp³-hybridized carbons (Fsp3) is 0.433. The lowest BCUT2D eigenvalue weighted by Gasteiger charge is -2.47. The van der Waals surface area contributed by atoms with Crippen molar-refractivity contribution in [3.8, 4) is 0 Å². The van der Waals surface area contributed by atoms with Crippen molar-refractivity contribution < 1.29 is 8.83 Å². The molecule has 2 aromatic heterocycles. The lowest BCUT2D eigenvalue weighted by Crippen LogP contribution is -2.61. The predicted octanol–water partition coefficient (Wildman–Crippen LogP) is 17.1. The number of anilines is 6. The molecule has 0 unspecified atom stereocenters. The number of aryl methyl sites for hydroxylation is 1. The van der Waals surface area contributed by atoms with Crippen molar-refractivity contribution >= 4 is 90.3 Å². The average Bonchev–Trinajstić information content (AvgIpc) is 3.88. The molecular weight excluding hydrogens is 876 g/mol. The van der Waals surface area contributed by atoms with E-state index in [2.05, 4.69) is 212 Å². The van der Waals surface area contributed by atoms with Crippen molar-refractivity contribution in [2.75, 3.05) is 9.80 Å². The minimum Gasteiger partial charge on any atom is -0.468 e. The summed E-state index contributed by atoms with van der Waals surface area (Å²) < 4.78 is 14.8. The summed E-state index contributed by atoms with van der Waals surface area (Å²) in [5, 5.41) is 3.53. The number of hydrogen-bond donors (Lipinski definition) is 0. The zero-order valence-corrected chi connectivity index (χ0v) is 46.2. The van der Waals surface area contributed by atoms with Gasteiger partial charge in [-0.15, -0.1) is 0 Å². The Hall–Kier alpha value is -5.68. The Morgan fingerprint density at radius 2 is 1.01 bits per heavy atom. The molecule has 0 spiro atoms. The van der Waals surface area contributed by atoms with Crippen LogP contribution in [0.1, 0.15) is 187 Å². The summed E-state index contributed by atoms with van der Waals surface area (Å²) in [6, 6.07) is 36.2. The van der Waals surface area contributed by atoms with Gasteiger partial charge in [0.1, 0.15) is 16.7 Å². The fourth-order valence-electron chi connectivity index (χ4n) is 14.6. The number of furan rings is 2. The van der Waals surface area contributed by atoms with E-state index in [0.717, 1.165) is 65.6 Å². The highest BCUT2D eigenvalue weighted by Gasteiger charge is 2.51. The van der Waals surface area contributed by atoms with Crippen LogP contribution in [0.5, 0.6) is 0 Å². The topological polar surface area (TPSA) is 32.8 Å². The molecule has 8 aromatic rings. The Bertz CT molecular complexity index is 3670. The maximum Gasteiger partial charge on any atom is 0.297 e. The highest BCUT2D eigenvalue weighted by molar-refractivity contribution is 7.00. The molecule has 0 radical (unpaired) electrons. The first-order valence-corrected chi connectivity index (χ1v) is 27.3. The third-order valence-corrected chi connectivity index (χ3v) is 19.4. The number of rotatable bonds is 2. The first-order valence-electron chi connectivity index (χ1n) is 27.3. The van der Waals surface area contributed by atoms with E-state index >= 15 is 0 Å². The number of para-hydroxylation sites is 1. The van der Waals surface area contributed by atoms with Crippen molar-refractivity contribution in [1.29, 1.82) is 0 Å². The molecule has 5 aliphatic rings. The maximum absolute atomic E-state index is 7.76. The van der Waals surface area contributed by atoms with Crippen molar-refractivity contribution in [2.24, 2.45) is 0 Å². The molecule has 0 bridgehead atoms. The summed E-state index contributed by atoms with van der Waals surface area (Å²) in [4.78, 5) is 5.30. The van der Waals surface area contributed by atoms with Gasteiger partial charge in [-0.25, -0.2) is 0 Å². The zero-order chi connectivity index (χ0) is 50.8. The van der Waals surface area contributed by atoms with E-state index in [9.17, 15) is 0 Å². The Kier molecular flexibility index (Phi) is 9.18. The second-order valence-corrected chi connectivity index (χ2v) is 28.2. The fourth-order valence-corrected chi connectivity index (χ4v) is 14.6. The van der Waals surface area contributed by atoms with Crippen LogP contribution in [0, 0.1) is 6.92 Å². The standard InChI is InChI=1S/C67H75BN2O2/c1-38-31-52-57-53(32-38)70(50-24-23-43(61(2,3)4)59-56(50)40-19-17-18-20-54(40)71-59)51-36-47-46(65(11,12)28-29-66(47,13)14)35-49(51)68(57)60-58(41-34-45-48(37-55(41)72-60)67(15,16)30-27-64(45,9)10)69(52)39-21-22-42-44(33-39)63(7,8)26-25-62(42,5)6/h17-24,31-37H,25-30H2,1-16H3. The van der Waals surface area contributed by atoms with Crippen LogP contribution >= 0.6 is 0 Å². The monoisotopic (exact) mass is 951 g/mol. The Morgan fingerprint density at radius 3 is 1.64 bits per heavy atom. The summed E-state index contributed by atoms with van der Waals surface area (Å²) in [6.45, 7) is 38.6. The summed E-state index contributed by atoms with van der Waals surface area (Å²) in [7, 11) is 0. The Morgan fingerprint density at radius 1 is 0.472 bits per heavy atom. The second-order valence-electron chi connectivity index (χ2n) is 28.2. The van der Waals surface area contributed by atoms with Crippen LogP contribution < -0.4 is 26.4 Å². The molecule has 0 fully saturated rings. The van der Waals surface area contributed by atoms with E-state index in [1.807, 2.05) is 0 Å². The molecule has 3 aliphatic carbocycles. The first kappa shape index (κ1) is 46.1. The van der Waals surface area contributed by atoms with Crippen molar-refractivity contribution in [2.45, 2.75) is 187 Å². The van der Waals surface area contributed by atoms with Gasteiger partial charge in [-0.2, -0.15) is 0 Å². The molecule has 4 heterocycles. The number of hydrogen-bond acceptors (Lipinski definition) is 4. The van der Waals surface area contributed by atoms with Gasteiger partial charge in [0.05, 0.1) is 22.4 Å². The van der Waals surface area contributed by atoms with Gasteiger partial charge < -0.3 is 18.6 Å². The van der Waals surface area contributed by atoms with E-state index in [4.69, 9.17) is 8.83 Å². The maximum atomic E-state index is 7.76. The zero-order valence-electron chi connectivity index (χ0n) is 46.2. The first-order chi connectivity index (χ1) is 33.7. The van der Waals surface area contributed by atoms with Crippen LogP contribution in [0.3, 0.4) is 0 Å². The van der Waals surface area contributed by atoms with Gasteiger partial charge in [0.25, 0.3) is 6.71 Å². The van der Waals surface area contributed by atoms with Crippen molar-refractivity contribution in [1.82, 2.24) is 0 Å². The van der Waals surface area contributed by atoms with E-state index in [0.29, 0.717) is 0 Å². The molecule has 368 valence electrons. The molecule has 0 saturated heterocycles. The molecule has 72 heavy (non-hydrogen) atoms. The quantitative estimate of drug-likeness (QED) is 0.162. The Labute approximate surface area is 429 Å². The number of nitrogens with zero attached hydrogens (tertiary/aromatic N) is 2. The van der Waals surface area contributed by atoms with Crippen molar-refractivity contribution in [3.05, 3.63) is 136 Å². The third-order valence-electron chi connectivity index (χ3n) is 19.4. The molecule has 2 aliphatic heterocycles. The molecule has 0 N–H and O–H groups in total. The molecule has 0 atom stereocenters. The summed E-state index contributed by atoms with van der Waals surface area (Å²) >= 11 is 0. The van der Waals surface area contributed by atoms with Crippen LogP contribution in [0.25, 0.3) is 32.9 Å².